The first-order valence-electron chi connectivity index (χ1n) is 16.2. The summed E-state index contributed by atoms with van der Waals surface area (Å²) < 4.78 is 61.0. The molecular weight excluding hydrogens is 662 g/mol. The van der Waals surface area contributed by atoms with E-state index in [1.165, 1.54) is 18.5 Å². The van der Waals surface area contributed by atoms with Crippen molar-refractivity contribution in [2.75, 3.05) is 12.3 Å². The van der Waals surface area contributed by atoms with Crippen LogP contribution in [0.5, 0.6) is 0 Å². The molecular formula is C35H45ClF2N4O5S. The normalized spacial score (nSPS) is 13.6. The Morgan fingerprint density at radius 1 is 0.958 bits per heavy atom. The van der Waals surface area contributed by atoms with Crippen molar-refractivity contribution in [3.63, 3.8) is 0 Å². The SMILES string of the molecule is CCCC(CCC)S(=O)(=O)C[C@@H](NC(=O)c1cncc(Cl)c1)C(=O)O[C@H](CNCc1cccc(CC)c1)[C@@H](N)Cc1cc(F)cc(F)c1. The van der Waals surface area contributed by atoms with Gasteiger partial charge in [-0.05, 0) is 60.6 Å². The number of aromatic nitrogens is 1. The molecule has 262 valence electrons. The van der Waals surface area contributed by atoms with E-state index in [1.807, 2.05) is 45.0 Å². The van der Waals surface area contributed by atoms with Gasteiger partial charge in [0.2, 0.25) is 0 Å². The average Bonchev–Trinajstić information content (AvgIpc) is 3.03. The van der Waals surface area contributed by atoms with Gasteiger partial charge in [-0.25, -0.2) is 22.0 Å². The summed E-state index contributed by atoms with van der Waals surface area (Å²) in [6, 6.07) is 9.73. The summed E-state index contributed by atoms with van der Waals surface area (Å²) >= 11 is 6.01. The Balaban J connectivity index is 1.90. The fraction of sp³-hybridized carbons (Fsp3) is 0.457. The highest BCUT2D eigenvalue weighted by Crippen LogP contribution is 2.19. The number of benzene rings is 2. The molecule has 0 bridgehead atoms. The second-order valence-corrected chi connectivity index (χ2v) is 14.6. The molecule has 0 saturated carbocycles. The van der Waals surface area contributed by atoms with E-state index in [-0.39, 0.29) is 29.1 Å². The van der Waals surface area contributed by atoms with Gasteiger partial charge in [-0.2, -0.15) is 0 Å². The van der Waals surface area contributed by atoms with Gasteiger partial charge in [0, 0.05) is 37.6 Å². The molecule has 48 heavy (non-hydrogen) atoms. The van der Waals surface area contributed by atoms with Crippen LogP contribution >= 0.6 is 11.6 Å². The summed E-state index contributed by atoms with van der Waals surface area (Å²) in [7, 11) is -3.89. The van der Waals surface area contributed by atoms with E-state index in [1.54, 1.807) is 0 Å². The number of ether oxygens (including phenoxy) is 1. The van der Waals surface area contributed by atoms with Gasteiger partial charge in [-0.15, -0.1) is 0 Å². The first-order chi connectivity index (χ1) is 22.8. The number of nitrogens with two attached hydrogens (primary N) is 1. The van der Waals surface area contributed by atoms with Gasteiger partial charge < -0.3 is 21.1 Å². The van der Waals surface area contributed by atoms with Gasteiger partial charge in [-0.3, -0.25) is 9.78 Å². The maximum atomic E-state index is 14.0. The molecule has 0 unspecified atom stereocenters. The fourth-order valence-electron chi connectivity index (χ4n) is 5.42. The molecule has 13 heteroatoms. The fourth-order valence-corrected chi connectivity index (χ4v) is 7.74. The van der Waals surface area contributed by atoms with Crippen LogP contribution in [-0.4, -0.2) is 61.0 Å². The number of sulfone groups is 1. The maximum absolute atomic E-state index is 14.0. The largest absolute Gasteiger partial charge is 0.458 e. The third kappa shape index (κ3) is 12.2. The summed E-state index contributed by atoms with van der Waals surface area (Å²) in [5.41, 5.74) is 8.88. The third-order valence-corrected chi connectivity index (χ3v) is 10.4. The Morgan fingerprint density at radius 3 is 2.25 bits per heavy atom. The van der Waals surface area contributed by atoms with Crippen molar-refractivity contribution in [3.8, 4) is 0 Å². The minimum Gasteiger partial charge on any atom is -0.458 e. The number of carbonyl (C=O) groups is 2. The van der Waals surface area contributed by atoms with Crippen molar-refractivity contribution < 1.29 is 31.5 Å². The number of amides is 1. The Labute approximate surface area is 286 Å². The van der Waals surface area contributed by atoms with Gasteiger partial charge in [0.15, 0.2) is 9.84 Å². The highest BCUT2D eigenvalue weighted by atomic mass is 35.5. The maximum Gasteiger partial charge on any atom is 0.330 e. The number of nitrogens with one attached hydrogen (secondary N) is 2. The van der Waals surface area contributed by atoms with Crippen molar-refractivity contribution in [1.82, 2.24) is 15.6 Å². The molecule has 1 aromatic heterocycles. The van der Waals surface area contributed by atoms with Crippen molar-refractivity contribution in [2.45, 2.75) is 89.3 Å². The van der Waals surface area contributed by atoms with Crippen molar-refractivity contribution >= 4 is 33.3 Å². The zero-order valence-corrected chi connectivity index (χ0v) is 29.1. The summed E-state index contributed by atoms with van der Waals surface area (Å²) in [5.74, 6) is -4.05. The lowest BCUT2D eigenvalue weighted by atomic mass is 10.0. The molecule has 3 rings (SSSR count). The van der Waals surface area contributed by atoms with Gasteiger partial charge in [0.05, 0.1) is 21.6 Å². The first-order valence-corrected chi connectivity index (χ1v) is 18.3. The number of hydrogen-bond donors (Lipinski definition) is 3. The summed E-state index contributed by atoms with van der Waals surface area (Å²) in [6.45, 7) is 6.22. The number of nitrogens with zero attached hydrogens (tertiary/aromatic N) is 1. The lowest BCUT2D eigenvalue weighted by Crippen LogP contribution is -2.52. The van der Waals surface area contributed by atoms with Gasteiger partial charge in [-0.1, -0.05) is 69.5 Å². The van der Waals surface area contributed by atoms with Crippen LogP contribution < -0.4 is 16.4 Å². The number of halogens is 3. The Kier molecular flexibility index (Phi) is 15.4. The number of rotatable bonds is 19. The summed E-state index contributed by atoms with van der Waals surface area (Å²) in [5, 5.41) is 5.20. The van der Waals surface area contributed by atoms with Crippen LogP contribution in [0.15, 0.2) is 60.9 Å². The monoisotopic (exact) mass is 706 g/mol. The van der Waals surface area contributed by atoms with Crippen molar-refractivity contribution in [1.29, 1.82) is 0 Å². The zero-order chi connectivity index (χ0) is 35.3. The minimum absolute atomic E-state index is 0.0220. The molecule has 0 spiro atoms. The average molecular weight is 707 g/mol. The summed E-state index contributed by atoms with van der Waals surface area (Å²) in [6.07, 6.45) is 4.30. The van der Waals surface area contributed by atoms with Crippen LogP contribution in [0.4, 0.5) is 8.78 Å². The molecule has 4 N–H and O–H groups in total. The lowest BCUT2D eigenvalue weighted by molar-refractivity contribution is -0.151. The van der Waals surface area contributed by atoms with E-state index in [0.717, 1.165) is 35.7 Å². The molecule has 2 aromatic carbocycles. The molecule has 3 aromatic rings. The molecule has 0 radical (unpaired) electrons. The smallest absolute Gasteiger partial charge is 0.330 e. The van der Waals surface area contributed by atoms with Crippen LogP contribution in [0.25, 0.3) is 0 Å². The third-order valence-electron chi connectivity index (χ3n) is 7.90. The Hall–Kier alpha value is -3.45. The van der Waals surface area contributed by atoms with E-state index in [4.69, 9.17) is 22.1 Å². The van der Waals surface area contributed by atoms with Crippen LogP contribution in [0, 0.1) is 11.6 Å². The first kappa shape index (κ1) is 39.0. The number of hydrogen-bond acceptors (Lipinski definition) is 8. The molecule has 0 aliphatic carbocycles. The second kappa shape index (κ2) is 18.9. The molecule has 0 aliphatic heterocycles. The molecule has 9 nitrogen and oxygen atoms in total. The van der Waals surface area contributed by atoms with E-state index < -0.39 is 62.5 Å². The standard InChI is InChI=1S/C35H45ClF2N4O5S/c1-4-8-30(9-5-2)48(45,46)22-32(42-34(43)26-16-27(36)20-41-19-26)35(44)47-33(21-40-18-24-11-7-10-23(6-3)12-24)31(39)15-25-13-28(37)17-29(38)14-25/h7,10-14,16-17,19-20,30-33,40H,4-6,8-9,15,18,21-22,39H2,1-3H3,(H,42,43)/t31-,32+,33+/m0/s1. The highest BCUT2D eigenvalue weighted by molar-refractivity contribution is 7.92. The number of esters is 1. The zero-order valence-electron chi connectivity index (χ0n) is 27.6. The van der Waals surface area contributed by atoms with Crippen molar-refractivity contribution in [2.24, 2.45) is 5.73 Å². The van der Waals surface area contributed by atoms with Crippen molar-refractivity contribution in [3.05, 3.63) is 99.8 Å². The highest BCUT2D eigenvalue weighted by Gasteiger charge is 2.35. The Bertz CT molecular complexity index is 1600. The molecule has 0 fully saturated rings. The van der Waals surface area contributed by atoms with E-state index in [2.05, 4.69) is 15.6 Å². The molecule has 0 saturated heterocycles. The van der Waals surface area contributed by atoms with Gasteiger partial charge in [0.1, 0.15) is 23.8 Å². The van der Waals surface area contributed by atoms with Crippen LogP contribution in [0.1, 0.15) is 73.5 Å². The minimum atomic E-state index is -3.89. The van der Waals surface area contributed by atoms with Crippen LogP contribution in [0.3, 0.4) is 0 Å². The number of pyridine rings is 1. The second-order valence-electron chi connectivity index (χ2n) is 11.9. The predicted octanol–water partition coefficient (Wildman–Crippen LogP) is 5.33. The van der Waals surface area contributed by atoms with E-state index in [0.29, 0.717) is 32.2 Å². The summed E-state index contributed by atoms with van der Waals surface area (Å²) in [4.78, 5) is 30.9. The number of aryl methyl sites for hydroxylation is 1. The molecule has 0 aliphatic rings. The molecule has 1 heterocycles. The predicted molar refractivity (Wildman–Crippen MR) is 183 cm³/mol. The Morgan fingerprint density at radius 2 is 1.62 bits per heavy atom. The van der Waals surface area contributed by atoms with Crippen LogP contribution in [0.2, 0.25) is 5.02 Å². The van der Waals surface area contributed by atoms with E-state index in [9.17, 15) is 26.8 Å². The topological polar surface area (TPSA) is 140 Å². The molecule has 3 atom stereocenters. The van der Waals surface area contributed by atoms with Crippen LogP contribution in [-0.2, 0) is 38.8 Å². The number of carbonyl (C=O) groups excluding carboxylic acids is 2. The van der Waals surface area contributed by atoms with Gasteiger partial charge in [0.25, 0.3) is 5.91 Å². The van der Waals surface area contributed by atoms with E-state index >= 15 is 0 Å². The van der Waals surface area contributed by atoms with Gasteiger partial charge >= 0.3 is 5.97 Å². The molecule has 1 amide bonds. The lowest BCUT2D eigenvalue weighted by Gasteiger charge is -2.28. The quantitative estimate of drug-likeness (QED) is 0.142.